The van der Waals surface area contributed by atoms with E-state index in [0.717, 1.165) is 25.7 Å². The maximum atomic E-state index is 12.1. The highest BCUT2D eigenvalue weighted by Gasteiger charge is 2.36. The molecule has 1 amide bonds. The van der Waals surface area contributed by atoms with Gasteiger partial charge in [0.25, 0.3) is 0 Å². The Morgan fingerprint density at radius 1 is 1.06 bits per heavy atom. The Bertz CT molecular complexity index is 296. The molecule has 0 atom stereocenters. The zero-order valence-electron chi connectivity index (χ0n) is 11.8. The fourth-order valence-corrected chi connectivity index (χ4v) is 2.84. The van der Waals surface area contributed by atoms with Gasteiger partial charge in [-0.1, -0.05) is 19.8 Å². The number of unbranched alkanes of at least 4 members (excludes halogenated alkanes) is 3. The largest absolute Gasteiger partial charge is 0.339 e. The summed E-state index contributed by atoms with van der Waals surface area (Å²) < 4.78 is 11.1. The third kappa shape index (κ3) is 6.10. The van der Waals surface area contributed by atoms with Crippen molar-refractivity contribution in [1.29, 1.82) is 0 Å². The van der Waals surface area contributed by atoms with E-state index >= 15 is 0 Å². The fraction of sp³-hybridized carbons (Fsp3) is 0.917. The predicted molar refractivity (Wildman–Crippen MR) is 72.3 cm³/mol. The molecule has 0 aromatic heterocycles. The van der Waals surface area contributed by atoms with Gasteiger partial charge in [0.05, 0.1) is 19.6 Å². The van der Waals surface area contributed by atoms with Crippen molar-refractivity contribution in [3.8, 4) is 0 Å². The van der Waals surface area contributed by atoms with E-state index in [1.807, 2.05) is 13.8 Å². The Morgan fingerprint density at radius 2 is 1.61 bits per heavy atom. The van der Waals surface area contributed by atoms with E-state index in [1.54, 1.807) is 0 Å². The fourth-order valence-electron chi connectivity index (χ4n) is 2.18. The monoisotopic (exact) mass is 280 g/mol. The molecular formula is C12H27NO4P+. The van der Waals surface area contributed by atoms with Crippen LogP contribution in [0.25, 0.3) is 0 Å². The molecule has 0 aliphatic rings. The predicted octanol–water partition coefficient (Wildman–Crippen LogP) is 2.13. The Kier molecular flexibility index (Phi) is 7.95. The Labute approximate surface area is 110 Å². The first-order chi connectivity index (χ1) is 8.31. The highest BCUT2D eigenvalue weighted by Crippen LogP contribution is 2.35. The molecule has 0 unspecified atom stereocenters. The molecule has 0 radical (unpaired) electrons. The van der Waals surface area contributed by atoms with Crippen LogP contribution in [0.5, 0.6) is 0 Å². The molecule has 6 heteroatoms. The number of amides is 1. The van der Waals surface area contributed by atoms with Crippen molar-refractivity contribution in [3.05, 3.63) is 0 Å². The summed E-state index contributed by atoms with van der Waals surface area (Å²) in [6.45, 7) is 7.82. The van der Waals surface area contributed by atoms with Gasteiger partial charge in [-0.3, -0.25) is 9.05 Å². The van der Waals surface area contributed by atoms with Crippen LogP contribution in [0.1, 0.15) is 46.5 Å². The van der Waals surface area contributed by atoms with Gasteiger partial charge in [0, 0.05) is 0 Å². The molecule has 0 aromatic carbocycles. The van der Waals surface area contributed by atoms with E-state index in [1.165, 1.54) is 0 Å². The molecule has 2 N–H and O–H groups in total. The van der Waals surface area contributed by atoms with E-state index < -0.39 is 13.8 Å². The van der Waals surface area contributed by atoms with Gasteiger partial charge in [-0.25, -0.2) is 4.79 Å². The van der Waals surface area contributed by atoms with Gasteiger partial charge in [-0.2, -0.15) is 0 Å². The second-order valence-corrected chi connectivity index (χ2v) is 6.42. The number of carbonyl (C=O) groups is 1. The van der Waals surface area contributed by atoms with E-state index in [4.69, 9.17) is 9.79 Å². The lowest BCUT2D eigenvalue weighted by Gasteiger charge is -2.34. The van der Waals surface area contributed by atoms with Gasteiger partial charge < -0.3 is 9.79 Å². The van der Waals surface area contributed by atoms with Crippen molar-refractivity contribution >= 4 is 13.5 Å². The van der Waals surface area contributed by atoms with Crippen LogP contribution in [0, 0.1) is 0 Å². The number of hydrogen-bond acceptors (Lipinski definition) is 2. The second kappa shape index (κ2) is 8.05. The quantitative estimate of drug-likeness (QED) is 0.385. The van der Waals surface area contributed by atoms with Crippen molar-refractivity contribution in [2.75, 3.05) is 25.8 Å². The molecule has 0 bridgehead atoms. The summed E-state index contributed by atoms with van der Waals surface area (Å²) in [4.78, 5) is 30.0. The van der Waals surface area contributed by atoms with Gasteiger partial charge in [-0.15, -0.1) is 0 Å². The van der Waals surface area contributed by atoms with Gasteiger partial charge in [0.2, 0.25) is 0 Å². The van der Waals surface area contributed by atoms with Crippen molar-refractivity contribution < 1.29 is 23.6 Å². The minimum absolute atomic E-state index is 0.189. The maximum absolute atomic E-state index is 12.1. The van der Waals surface area contributed by atoms with Crippen LogP contribution in [-0.4, -0.2) is 46.0 Å². The summed E-state index contributed by atoms with van der Waals surface area (Å²) in [6, 6.07) is 0. The molecule has 0 heterocycles. The molecular weight excluding hydrogens is 253 g/mol. The number of carbonyl (C=O) groups excluding carboxylic acids is 1. The molecule has 0 saturated heterocycles. The average Bonchev–Trinajstić information content (AvgIpc) is 2.27. The van der Waals surface area contributed by atoms with Crippen LogP contribution in [0.2, 0.25) is 0 Å². The van der Waals surface area contributed by atoms with E-state index in [0.29, 0.717) is 19.6 Å². The van der Waals surface area contributed by atoms with Gasteiger partial charge >= 0.3 is 13.5 Å². The summed E-state index contributed by atoms with van der Waals surface area (Å²) in [5.41, 5.74) is 0. The summed E-state index contributed by atoms with van der Waals surface area (Å²) in [7, 11) is -4.25. The normalized spacial score (nSPS) is 12.7. The summed E-state index contributed by atoms with van der Waals surface area (Å²) >= 11 is 0. The first kappa shape index (κ1) is 17.8. The van der Waals surface area contributed by atoms with Crippen molar-refractivity contribution in [2.45, 2.75) is 46.5 Å². The lowest BCUT2D eigenvalue weighted by Crippen LogP contribution is -2.54. The van der Waals surface area contributed by atoms with Crippen LogP contribution < -0.4 is 0 Å². The van der Waals surface area contributed by atoms with E-state index in [9.17, 15) is 9.36 Å². The standard InChI is InChI=1S/C12H26NO4P/c1-4-7-8-9-10-13(5-2,6-3)12(14)11-18(15,16)17/h4-11H2,1-3H3,(H-,15,16,17)/p+1. The molecule has 108 valence electrons. The van der Waals surface area contributed by atoms with Gasteiger partial charge in [-0.05, 0) is 26.7 Å². The van der Waals surface area contributed by atoms with Crippen LogP contribution >= 0.6 is 7.60 Å². The Balaban J connectivity index is 4.59. The smallest absolute Gasteiger partial charge is 0.324 e. The molecule has 0 aliphatic carbocycles. The third-order valence-corrected chi connectivity index (χ3v) is 4.20. The van der Waals surface area contributed by atoms with Crippen LogP contribution in [0.15, 0.2) is 0 Å². The van der Waals surface area contributed by atoms with Crippen molar-refractivity contribution in [1.82, 2.24) is 0 Å². The van der Waals surface area contributed by atoms with Gasteiger partial charge in [0.15, 0.2) is 6.16 Å². The lowest BCUT2D eigenvalue weighted by molar-refractivity contribution is -0.850. The lowest BCUT2D eigenvalue weighted by atomic mass is 10.1. The SMILES string of the molecule is CCCCCC[N+](CC)(CC)C(=O)CP(=O)(O)O. The van der Waals surface area contributed by atoms with Crippen molar-refractivity contribution in [2.24, 2.45) is 0 Å². The number of nitrogens with zero attached hydrogens (tertiary/aromatic N) is 1. The molecule has 0 aromatic rings. The molecule has 5 nitrogen and oxygen atoms in total. The van der Waals surface area contributed by atoms with E-state index in [-0.39, 0.29) is 10.4 Å². The van der Waals surface area contributed by atoms with Gasteiger partial charge in [0.1, 0.15) is 0 Å². The minimum atomic E-state index is -4.25. The summed E-state index contributed by atoms with van der Waals surface area (Å²) in [5, 5.41) is 0. The number of rotatable bonds is 9. The topological polar surface area (TPSA) is 74.6 Å². The molecule has 0 aliphatic heterocycles. The molecule has 0 fully saturated rings. The van der Waals surface area contributed by atoms with Crippen LogP contribution in [-0.2, 0) is 9.36 Å². The minimum Gasteiger partial charge on any atom is -0.324 e. The summed E-state index contributed by atoms with van der Waals surface area (Å²) in [6.07, 6.45) is 3.64. The molecule has 0 rings (SSSR count). The zero-order chi connectivity index (χ0) is 14.2. The van der Waals surface area contributed by atoms with Crippen LogP contribution in [0.3, 0.4) is 0 Å². The summed E-state index contributed by atoms with van der Waals surface area (Å²) in [5.74, 6) is -0.329. The third-order valence-electron chi connectivity index (χ3n) is 3.52. The number of quaternary nitrogens is 1. The zero-order valence-corrected chi connectivity index (χ0v) is 12.7. The second-order valence-electron chi connectivity index (χ2n) is 4.78. The van der Waals surface area contributed by atoms with Crippen molar-refractivity contribution in [3.63, 3.8) is 0 Å². The van der Waals surface area contributed by atoms with E-state index in [2.05, 4.69) is 6.92 Å². The Morgan fingerprint density at radius 3 is 2.00 bits per heavy atom. The first-order valence-electron chi connectivity index (χ1n) is 6.75. The van der Waals surface area contributed by atoms with Crippen LogP contribution in [0.4, 0.5) is 0 Å². The Hall–Kier alpha value is -0.220. The first-order valence-corrected chi connectivity index (χ1v) is 8.55. The molecule has 18 heavy (non-hydrogen) atoms. The maximum Gasteiger partial charge on any atom is 0.339 e. The highest BCUT2D eigenvalue weighted by atomic mass is 31.2. The number of hydrogen-bond donors (Lipinski definition) is 2. The average molecular weight is 280 g/mol. The molecule has 0 saturated carbocycles. The molecule has 0 spiro atoms. The highest BCUT2D eigenvalue weighted by molar-refractivity contribution is 7.52.